The summed E-state index contributed by atoms with van der Waals surface area (Å²) in [4.78, 5) is 38.1. The van der Waals surface area contributed by atoms with Crippen LogP contribution in [0.5, 0.6) is 0 Å². The first kappa shape index (κ1) is 26.5. The molecular formula is C23H38N4O6. The number of carbonyl (C=O) groups is 3. The van der Waals surface area contributed by atoms with Gasteiger partial charge in [-0.15, -0.1) is 0 Å². The molecule has 1 aliphatic rings. The number of hydrogen-bond acceptors (Lipinski definition) is 7. The Morgan fingerprint density at radius 2 is 1.82 bits per heavy atom. The van der Waals surface area contributed by atoms with E-state index in [0.29, 0.717) is 13.1 Å². The fourth-order valence-corrected chi connectivity index (χ4v) is 4.19. The van der Waals surface area contributed by atoms with E-state index in [1.165, 1.54) is 13.1 Å². The van der Waals surface area contributed by atoms with Crippen molar-refractivity contribution in [3.05, 3.63) is 17.5 Å². The van der Waals surface area contributed by atoms with Gasteiger partial charge in [-0.25, -0.2) is 9.59 Å². The fraction of sp³-hybridized carbons (Fsp3) is 0.739. The van der Waals surface area contributed by atoms with Crippen molar-refractivity contribution in [2.45, 2.75) is 85.0 Å². The molecule has 0 radical (unpaired) electrons. The summed E-state index contributed by atoms with van der Waals surface area (Å²) in [5, 5.41) is 9.02. The van der Waals surface area contributed by atoms with Crippen molar-refractivity contribution in [3.63, 3.8) is 0 Å². The Balaban J connectivity index is 1.87. The van der Waals surface area contributed by atoms with Crippen molar-refractivity contribution in [2.75, 3.05) is 20.1 Å². The number of piperidine rings is 1. The molecule has 2 N–H and O–H groups in total. The smallest absolute Gasteiger partial charge is 0.410 e. The minimum atomic E-state index is -0.574. The van der Waals surface area contributed by atoms with E-state index in [4.69, 9.17) is 14.0 Å². The maximum atomic E-state index is 12.4. The highest BCUT2D eigenvalue weighted by molar-refractivity contribution is 5.91. The number of carbonyl (C=O) groups excluding carboxylic acids is 3. The molecule has 0 aliphatic carbocycles. The predicted molar refractivity (Wildman–Crippen MR) is 122 cm³/mol. The van der Waals surface area contributed by atoms with Crippen molar-refractivity contribution in [3.8, 4) is 0 Å². The van der Waals surface area contributed by atoms with Gasteiger partial charge in [-0.3, -0.25) is 4.79 Å². The van der Waals surface area contributed by atoms with Crippen LogP contribution in [0, 0.1) is 5.41 Å². The van der Waals surface area contributed by atoms with Gasteiger partial charge < -0.3 is 29.5 Å². The maximum absolute atomic E-state index is 12.4. The monoisotopic (exact) mass is 466 g/mol. The SMILES string of the molecule is CCC1(CC(C)(C)NC(=O)OCc2cc(C(=O)NC)no2)CCN(C(=O)OC(C)(C)C)CC1. The molecule has 0 bridgehead atoms. The highest BCUT2D eigenvalue weighted by Crippen LogP contribution is 2.42. The average Bonchev–Trinajstić information content (AvgIpc) is 3.19. The molecule has 0 unspecified atom stereocenters. The van der Waals surface area contributed by atoms with Crippen LogP contribution in [0.2, 0.25) is 0 Å². The highest BCUT2D eigenvalue weighted by Gasteiger charge is 2.40. The zero-order valence-corrected chi connectivity index (χ0v) is 20.9. The summed E-state index contributed by atoms with van der Waals surface area (Å²) in [6.45, 7) is 12.8. The van der Waals surface area contributed by atoms with Gasteiger partial charge in [0.25, 0.3) is 5.91 Å². The van der Waals surface area contributed by atoms with Crippen LogP contribution in [0.15, 0.2) is 10.6 Å². The molecule has 0 saturated carbocycles. The molecule has 186 valence electrons. The van der Waals surface area contributed by atoms with Gasteiger partial charge in [0, 0.05) is 31.7 Å². The molecule has 10 heteroatoms. The number of rotatable bonds is 7. The van der Waals surface area contributed by atoms with Crippen LogP contribution in [0.25, 0.3) is 0 Å². The Bertz CT molecular complexity index is 834. The number of alkyl carbamates (subject to hydrolysis) is 1. The van der Waals surface area contributed by atoms with E-state index in [9.17, 15) is 14.4 Å². The van der Waals surface area contributed by atoms with Crippen LogP contribution < -0.4 is 10.6 Å². The van der Waals surface area contributed by atoms with E-state index in [1.54, 1.807) is 4.90 Å². The van der Waals surface area contributed by atoms with Gasteiger partial charge in [0.1, 0.15) is 5.60 Å². The Morgan fingerprint density at radius 1 is 1.18 bits per heavy atom. The van der Waals surface area contributed by atoms with Gasteiger partial charge >= 0.3 is 12.2 Å². The van der Waals surface area contributed by atoms with E-state index < -0.39 is 17.2 Å². The summed E-state index contributed by atoms with van der Waals surface area (Å²) in [6, 6.07) is 1.43. The Labute approximate surface area is 195 Å². The van der Waals surface area contributed by atoms with Crippen molar-refractivity contribution in [2.24, 2.45) is 5.41 Å². The van der Waals surface area contributed by atoms with Gasteiger partial charge in [-0.1, -0.05) is 18.5 Å². The highest BCUT2D eigenvalue weighted by atomic mass is 16.6. The molecule has 1 fully saturated rings. The van der Waals surface area contributed by atoms with Gasteiger partial charge in [-0.2, -0.15) is 0 Å². The number of aromatic nitrogens is 1. The zero-order chi connectivity index (χ0) is 24.9. The number of hydrogen-bond donors (Lipinski definition) is 2. The standard InChI is InChI=1S/C23H38N4O6/c1-8-23(9-11-27(12-10-23)20(30)32-21(2,3)4)15-22(5,6)25-19(29)31-14-16-13-17(26-33-16)18(28)24-7/h13H,8-12,14-15H2,1-7H3,(H,24,28)(H,25,29). The molecule has 1 aliphatic heterocycles. The van der Waals surface area contributed by atoms with Crippen LogP contribution in [-0.4, -0.2) is 59.4 Å². The van der Waals surface area contributed by atoms with Gasteiger partial charge in [0.05, 0.1) is 0 Å². The predicted octanol–water partition coefficient (Wildman–Crippen LogP) is 3.86. The largest absolute Gasteiger partial charge is 0.444 e. The third kappa shape index (κ3) is 7.94. The fourth-order valence-electron chi connectivity index (χ4n) is 4.19. The second-order valence-corrected chi connectivity index (χ2v) is 10.3. The minimum absolute atomic E-state index is 0.00262. The second-order valence-electron chi connectivity index (χ2n) is 10.3. The summed E-state index contributed by atoms with van der Waals surface area (Å²) < 4.78 is 15.8. The molecule has 3 amide bonds. The summed E-state index contributed by atoms with van der Waals surface area (Å²) in [5.41, 5.74) is -0.906. The molecule has 1 aromatic rings. The Kier molecular flexibility index (Phi) is 8.37. The quantitative estimate of drug-likeness (QED) is 0.625. The van der Waals surface area contributed by atoms with E-state index in [1.807, 2.05) is 34.6 Å². The van der Waals surface area contributed by atoms with E-state index in [-0.39, 0.29) is 35.5 Å². The van der Waals surface area contributed by atoms with Crippen molar-refractivity contribution < 1.29 is 28.4 Å². The van der Waals surface area contributed by atoms with Crippen LogP contribution >= 0.6 is 0 Å². The lowest BCUT2D eigenvalue weighted by Crippen LogP contribution is -2.51. The normalized spacial score (nSPS) is 16.2. The second kappa shape index (κ2) is 10.4. The van der Waals surface area contributed by atoms with Gasteiger partial charge in [0.2, 0.25) is 0 Å². The number of nitrogens with one attached hydrogen (secondary N) is 2. The Morgan fingerprint density at radius 3 is 2.36 bits per heavy atom. The van der Waals surface area contributed by atoms with E-state index in [2.05, 4.69) is 22.7 Å². The Hall–Kier alpha value is -2.78. The molecule has 33 heavy (non-hydrogen) atoms. The third-order valence-electron chi connectivity index (χ3n) is 5.85. The molecule has 10 nitrogen and oxygen atoms in total. The number of nitrogens with zero attached hydrogens (tertiary/aromatic N) is 2. The van der Waals surface area contributed by atoms with E-state index >= 15 is 0 Å². The van der Waals surface area contributed by atoms with Crippen LogP contribution in [-0.2, 0) is 16.1 Å². The molecule has 2 heterocycles. The van der Waals surface area contributed by atoms with Crippen LogP contribution in [0.1, 0.15) is 83.5 Å². The topological polar surface area (TPSA) is 123 Å². The van der Waals surface area contributed by atoms with Crippen molar-refractivity contribution in [1.29, 1.82) is 0 Å². The van der Waals surface area contributed by atoms with Crippen molar-refractivity contribution in [1.82, 2.24) is 20.7 Å². The molecule has 0 aromatic carbocycles. The average molecular weight is 467 g/mol. The lowest BCUT2D eigenvalue weighted by atomic mass is 9.69. The summed E-state index contributed by atoms with van der Waals surface area (Å²) in [6.07, 6.45) is 2.51. The molecule has 1 saturated heterocycles. The van der Waals surface area contributed by atoms with Crippen LogP contribution in [0.3, 0.4) is 0 Å². The maximum Gasteiger partial charge on any atom is 0.410 e. The summed E-state index contributed by atoms with van der Waals surface area (Å²) in [7, 11) is 1.49. The lowest BCUT2D eigenvalue weighted by molar-refractivity contribution is 0.00468. The zero-order valence-electron chi connectivity index (χ0n) is 20.9. The van der Waals surface area contributed by atoms with Crippen LogP contribution in [0.4, 0.5) is 9.59 Å². The first-order valence-electron chi connectivity index (χ1n) is 11.4. The number of likely N-dealkylation sites (tertiary alicyclic amines) is 1. The molecule has 1 aromatic heterocycles. The van der Waals surface area contributed by atoms with E-state index in [0.717, 1.165) is 25.7 Å². The van der Waals surface area contributed by atoms with Gasteiger partial charge in [0.15, 0.2) is 18.1 Å². The molecule has 0 spiro atoms. The third-order valence-corrected chi connectivity index (χ3v) is 5.85. The number of ether oxygens (including phenoxy) is 2. The van der Waals surface area contributed by atoms with Gasteiger partial charge in [-0.05, 0) is 59.3 Å². The summed E-state index contributed by atoms with van der Waals surface area (Å²) in [5.74, 6) is -0.0979. The lowest BCUT2D eigenvalue weighted by Gasteiger charge is -2.45. The molecule has 2 rings (SSSR count). The minimum Gasteiger partial charge on any atom is -0.444 e. The van der Waals surface area contributed by atoms with Crippen molar-refractivity contribution >= 4 is 18.1 Å². The summed E-state index contributed by atoms with van der Waals surface area (Å²) >= 11 is 0. The first-order valence-corrected chi connectivity index (χ1v) is 11.4. The molecular weight excluding hydrogens is 428 g/mol. The molecule has 0 atom stereocenters. The number of amides is 3. The first-order chi connectivity index (χ1) is 15.3.